The number of rotatable bonds is 8. The first kappa shape index (κ1) is 23.7. The maximum absolute atomic E-state index is 13.0. The zero-order valence-corrected chi connectivity index (χ0v) is 17.8. The van der Waals surface area contributed by atoms with E-state index in [1.54, 1.807) is 4.90 Å². The van der Waals surface area contributed by atoms with Crippen LogP contribution in [0.5, 0.6) is 0 Å². The lowest BCUT2D eigenvalue weighted by atomic mass is 10.1. The fourth-order valence-electron chi connectivity index (χ4n) is 2.91. The number of benzene rings is 1. The zero-order valence-electron chi connectivity index (χ0n) is 17.0. The van der Waals surface area contributed by atoms with Crippen molar-refractivity contribution in [1.82, 2.24) is 9.97 Å². The summed E-state index contributed by atoms with van der Waals surface area (Å²) in [5, 5.41) is 14.4. The molecule has 0 spiro atoms. The molecule has 0 saturated carbocycles. The summed E-state index contributed by atoms with van der Waals surface area (Å²) in [7, 11) is 0. The Morgan fingerprint density at radius 2 is 1.77 bits per heavy atom. The number of nitrogens with one attached hydrogen (secondary N) is 1. The predicted molar refractivity (Wildman–Crippen MR) is 110 cm³/mol. The van der Waals surface area contributed by atoms with E-state index < -0.39 is 22.4 Å². The third-order valence-electron chi connectivity index (χ3n) is 4.00. The van der Waals surface area contributed by atoms with E-state index in [0.717, 1.165) is 24.5 Å². The van der Waals surface area contributed by atoms with Gasteiger partial charge in [-0.2, -0.15) is 13.2 Å². The molecule has 1 aromatic carbocycles. The normalized spacial score (nSPS) is 11.8. The maximum atomic E-state index is 13.0. The lowest BCUT2D eigenvalue weighted by molar-refractivity contribution is -0.383. The van der Waals surface area contributed by atoms with Gasteiger partial charge in [-0.25, -0.2) is 9.97 Å². The minimum absolute atomic E-state index is 0.0290. The Hall–Kier alpha value is -2.62. The van der Waals surface area contributed by atoms with E-state index in [1.165, 1.54) is 0 Å². The summed E-state index contributed by atoms with van der Waals surface area (Å²) in [5.41, 5.74) is -1.50. The van der Waals surface area contributed by atoms with Crippen molar-refractivity contribution < 1.29 is 18.1 Å². The minimum Gasteiger partial charge on any atom is -0.350 e. The average Bonchev–Trinajstić information content (AvgIpc) is 2.60. The van der Waals surface area contributed by atoms with Crippen molar-refractivity contribution in [3.63, 3.8) is 0 Å². The molecule has 7 nitrogen and oxygen atoms in total. The maximum Gasteiger partial charge on any atom is 0.416 e. The molecule has 0 bridgehead atoms. The fraction of sp³-hybridized carbons (Fsp3) is 0.474. The number of hydrogen-bond acceptors (Lipinski definition) is 6. The molecular weight excluding hydrogens is 423 g/mol. The highest BCUT2D eigenvalue weighted by molar-refractivity contribution is 6.33. The van der Waals surface area contributed by atoms with Crippen LogP contribution in [0.1, 0.15) is 33.3 Å². The predicted octanol–water partition coefficient (Wildman–Crippen LogP) is 5.92. The SMILES string of the molecule is CC(C)CN(CC(C)C)c1ncnc(Nc2cc(C(F)(F)F)ccc2Cl)c1[N+](=O)[O-]. The minimum atomic E-state index is -4.59. The Morgan fingerprint density at radius 3 is 2.27 bits per heavy atom. The second kappa shape index (κ2) is 9.46. The van der Waals surface area contributed by atoms with Crippen LogP contribution < -0.4 is 10.2 Å². The molecule has 0 aliphatic heterocycles. The van der Waals surface area contributed by atoms with E-state index in [-0.39, 0.29) is 34.2 Å². The molecule has 2 aromatic rings. The molecular formula is C19H23ClF3N5O2. The molecule has 11 heteroatoms. The Bertz CT molecular complexity index is 896. The largest absolute Gasteiger partial charge is 0.416 e. The first-order chi connectivity index (χ1) is 13.9. The monoisotopic (exact) mass is 445 g/mol. The van der Waals surface area contributed by atoms with Crippen LogP contribution in [0, 0.1) is 22.0 Å². The molecule has 1 aromatic heterocycles. The van der Waals surface area contributed by atoms with E-state index in [0.29, 0.717) is 13.1 Å². The summed E-state index contributed by atoms with van der Waals surface area (Å²) in [6, 6.07) is 2.69. The Labute approximate surface area is 177 Å². The van der Waals surface area contributed by atoms with Crippen LogP contribution in [0.3, 0.4) is 0 Å². The fourth-order valence-corrected chi connectivity index (χ4v) is 3.08. The van der Waals surface area contributed by atoms with Crippen molar-refractivity contribution in [2.24, 2.45) is 11.8 Å². The quantitative estimate of drug-likeness (QED) is 0.401. The standard InChI is InChI=1S/C19H23ClF3N5O2/c1-11(2)8-27(9-12(3)4)18-16(28(29)30)17(24-10-25-18)26-15-7-13(19(21,22)23)5-6-14(15)20/h5-7,10-12H,8-9H2,1-4H3,(H,24,25,26). The molecule has 0 unspecified atom stereocenters. The van der Waals surface area contributed by atoms with Gasteiger partial charge in [0.2, 0.25) is 11.6 Å². The Balaban J connectivity index is 2.55. The van der Waals surface area contributed by atoms with Crippen LogP contribution in [0.15, 0.2) is 24.5 Å². The molecule has 1 N–H and O–H groups in total. The van der Waals surface area contributed by atoms with Crippen molar-refractivity contribution in [3.05, 3.63) is 45.2 Å². The van der Waals surface area contributed by atoms with Crippen molar-refractivity contribution >= 4 is 34.6 Å². The number of nitrogens with zero attached hydrogens (tertiary/aromatic N) is 4. The van der Waals surface area contributed by atoms with E-state index in [4.69, 9.17) is 11.6 Å². The van der Waals surface area contributed by atoms with Crippen LogP contribution >= 0.6 is 11.6 Å². The first-order valence-electron chi connectivity index (χ1n) is 9.28. The summed E-state index contributed by atoms with van der Waals surface area (Å²) in [5.74, 6) is 0.270. The van der Waals surface area contributed by atoms with Gasteiger partial charge in [-0.05, 0) is 30.0 Å². The number of nitro groups is 1. The smallest absolute Gasteiger partial charge is 0.350 e. The van der Waals surface area contributed by atoms with Gasteiger partial charge in [-0.1, -0.05) is 39.3 Å². The lowest BCUT2D eigenvalue weighted by Crippen LogP contribution is -2.32. The van der Waals surface area contributed by atoms with Gasteiger partial charge >= 0.3 is 11.9 Å². The number of hydrogen-bond donors (Lipinski definition) is 1. The summed E-state index contributed by atoms with van der Waals surface area (Å²) in [6.45, 7) is 8.92. The van der Waals surface area contributed by atoms with Gasteiger partial charge in [0.25, 0.3) is 0 Å². The molecule has 0 saturated heterocycles. The van der Waals surface area contributed by atoms with E-state index >= 15 is 0 Å². The van der Waals surface area contributed by atoms with Gasteiger partial charge in [0, 0.05) is 13.1 Å². The van der Waals surface area contributed by atoms with Crippen LogP contribution in [0.4, 0.5) is 36.2 Å². The second-order valence-corrected chi connectivity index (χ2v) is 8.07. The molecule has 0 atom stereocenters. The van der Waals surface area contributed by atoms with Gasteiger partial charge in [-0.15, -0.1) is 0 Å². The molecule has 2 rings (SSSR count). The summed E-state index contributed by atoms with van der Waals surface area (Å²) < 4.78 is 39.1. The van der Waals surface area contributed by atoms with Gasteiger partial charge < -0.3 is 10.2 Å². The number of anilines is 3. The molecule has 0 radical (unpaired) electrons. The summed E-state index contributed by atoms with van der Waals surface area (Å²) in [4.78, 5) is 21.0. The first-order valence-corrected chi connectivity index (χ1v) is 9.66. The number of halogens is 4. The van der Waals surface area contributed by atoms with Crippen molar-refractivity contribution in [1.29, 1.82) is 0 Å². The van der Waals surface area contributed by atoms with Gasteiger partial charge in [-0.3, -0.25) is 10.1 Å². The van der Waals surface area contributed by atoms with Crippen LogP contribution in [0.25, 0.3) is 0 Å². The highest BCUT2D eigenvalue weighted by Gasteiger charge is 2.32. The third kappa shape index (κ3) is 5.94. The Kier molecular flexibility index (Phi) is 7.46. The van der Waals surface area contributed by atoms with Gasteiger partial charge in [0.15, 0.2) is 0 Å². The highest BCUT2D eigenvalue weighted by Crippen LogP contribution is 2.38. The van der Waals surface area contributed by atoms with E-state index in [1.807, 2.05) is 27.7 Å². The molecule has 0 aliphatic carbocycles. The molecule has 164 valence electrons. The van der Waals surface area contributed by atoms with Crippen molar-refractivity contribution in [3.8, 4) is 0 Å². The molecule has 1 heterocycles. The summed E-state index contributed by atoms with van der Waals surface area (Å²) in [6.07, 6.45) is -3.45. The zero-order chi connectivity index (χ0) is 22.6. The van der Waals surface area contributed by atoms with Crippen LogP contribution in [-0.2, 0) is 6.18 Å². The average molecular weight is 446 g/mol. The summed E-state index contributed by atoms with van der Waals surface area (Å²) >= 11 is 6.01. The van der Waals surface area contributed by atoms with Crippen LogP contribution in [0.2, 0.25) is 5.02 Å². The number of aromatic nitrogens is 2. The number of alkyl halides is 3. The van der Waals surface area contributed by atoms with Crippen molar-refractivity contribution in [2.45, 2.75) is 33.9 Å². The van der Waals surface area contributed by atoms with E-state index in [9.17, 15) is 23.3 Å². The second-order valence-electron chi connectivity index (χ2n) is 7.66. The van der Waals surface area contributed by atoms with Crippen LogP contribution in [-0.4, -0.2) is 28.0 Å². The molecule has 0 fully saturated rings. The van der Waals surface area contributed by atoms with E-state index in [2.05, 4.69) is 15.3 Å². The highest BCUT2D eigenvalue weighted by atomic mass is 35.5. The van der Waals surface area contributed by atoms with Gasteiger partial charge in [0.1, 0.15) is 6.33 Å². The molecule has 0 aliphatic rings. The Morgan fingerprint density at radius 1 is 1.17 bits per heavy atom. The van der Waals surface area contributed by atoms with Gasteiger partial charge in [0.05, 0.1) is 21.2 Å². The molecule has 0 amide bonds. The molecule has 30 heavy (non-hydrogen) atoms. The van der Waals surface area contributed by atoms with Crippen molar-refractivity contribution in [2.75, 3.05) is 23.3 Å². The third-order valence-corrected chi connectivity index (χ3v) is 4.33. The topological polar surface area (TPSA) is 84.2 Å². The lowest BCUT2D eigenvalue weighted by Gasteiger charge is -2.27.